The molecule has 0 radical (unpaired) electrons. The lowest BCUT2D eigenvalue weighted by Crippen LogP contribution is -2.15. The average molecular weight is 261 g/mol. The van der Waals surface area contributed by atoms with Gasteiger partial charge in [0.1, 0.15) is 5.25 Å². The third-order valence-electron chi connectivity index (χ3n) is 2.80. The van der Waals surface area contributed by atoms with Crippen LogP contribution in [0.1, 0.15) is 18.9 Å². The number of para-hydroxylation sites is 1. The zero-order chi connectivity index (χ0) is 13.0. The summed E-state index contributed by atoms with van der Waals surface area (Å²) in [6.45, 7) is 1.90. The summed E-state index contributed by atoms with van der Waals surface area (Å²) in [5.74, 6) is -0.0604. The fourth-order valence-electron chi connectivity index (χ4n) is 1.84. The molecule has 0 saturated carbocycles. The molecule has 18 heavy (non-hydrogen) atoms. The highest BCUT2D eigenvalue weighted by Gasteiger charge is 2.15. The summed E-state index contributed by atoms with van der Waals surface area (Å²) in [5.41, 5.74) is 2.06. The van der Waals surface area contributed by atoms with Crippen LogP contribution in [0.4, 0.5) is 0 Å². The fraction of sp³-hybridized carbons (Fsp3) is 0.286. The van der Waals surface area contributed by atoms with E-state index in [2.05, 4.69) is 4.98 Å². The third kappa shape index (κ3) is 2.82. The summed E-state index contributed by atoms with van der Waals surface area (Å²) in [7, 11) is 0. The fourth-order valence-corrected chi connectivity index (χ4v) is 2.83. The molecule has 1 aromatic heterocycles. The Hall–Kier alpha value is -1.55. The van der Waals surface area contributed by atoms with Gasteiger partial charge in [-0.1, -0.05) is 31.2 Å². The molecule has 0 aliphatic rings. The molecule has 0 aliphatic heterocycles. The normalized spacial score (nSPS) is 12.5. The van der Waals surface area contributed by atoms with Crippen LogP contribution in [0.3, 0.4) is 0 Å². The molecule has 0 fully saturated rings. The van der Waals surface area contributed by atoms with Gasteiger partial charge >= 0.3 is 5.97 Å². The van der Waals surface area contributed by atoms with Gasteiger partial charge in [-0.3, -0.25) is 9.78 Å². The minimum Gasteiger partial charge on any atom is -0.480 e. The van der Waals surface area contributed by atoms with Gasteiger partial charge in [-0.15, -0.1) is 11.8 Å². The van der Waals surface area contributed by atoms with Gasteiger partial charge in [0.2, 0.25) is 0 Å². The number of fused-ring (bicyclic) bond motifs is 1. The van der Waals surface area contributed by atoms with Crippen molar-refractivity contribution in [1.82, 2.24) is 4.98 Å². The predicted octanol–water partition coefficient (Wildman–Crippen LogP) is 3.33. The number of thioether (sulfide) groups is 1. The van der Waals surface area contributed by atoms with E-state index in [0.717, 1.165) is 16.5 Å². The van der Waals surface area contributed by atoms with Gasteiger partial charge in [0.05, 0.1) is 5.52 Å². The molecular weight excluding hydrogens is 246 g/mol. The van der Waals surface area contributed by atoms with E-state index >= 15 is 0 Å². The monoisotopic (exact) mass is 261 g/mol. The van der Waals surface area contributed by atoms with Gasteiger partial charge in [0.25, 0.3) is 0 Å². The standard InChI is InChI=1S/C14H15NO2S/c1-2-12(14(16)17)18-9-11-6-3-5-10-7-4-8-15-13(10)11/h3-8,12H,2,9H2,1H3,(H,16,17). The van der Waals surface area contributed by atoms with Crippen LogP contribution >= 0.6 is 11.8 Å². The zero-order valence-electron chi connectivity index (χ0n) is 10.2. The number of benzene rings is 1. The van der Waals surface area contributed by atoms with E-state index in [0.29, 0.717) is 12.2 Å². The van der Waals surface area contributed by atoms with E-state index in [1.807, 2.05) is 37.3 Å². The minimum atomic E-state index is -0.740. The Kier molecular flexibility index (Phi) is 4.20. The highest BCUT2D eigenvalue weighted by Crippen LogP contribution is 2.24. The largest absolute Gasteiger partial charge is 0.480 e. The van der Waals surface area contributed by atoms with E-state index in [4.69, 9.17) is 5.11 Å². The molecular formula is C14H15NO2S. The number of carboxylic acids is 1. The van der Waals surface area contributed by atoms with E-state index in [1.165, 1.54) is 11.8 Å². The van der Waals surface area contributed by atoms with Crippen molar-refractivity contribution in [1.29, 1.82) is 0 Å². The molecule has 1 aromatic carbocycles. The Labute approximate surface area is 110 Å². The molecule has 0 amide bonds. The number of aromatic nitrogens is 1. The zero-order valence-corrected chi connectivity index (χ0v) is 11.0. The lowest BCUT2D eigenvalue weighted by Gasteiger charge is -2.10. The quantitative estimate of drug-likeness (QED) is 0.897. The maximum atomic E-state index is 11.0. The molecule has 1 heterocycles. The lowest BCUT2D eigenvalue weighted by molar-refractivity contribution is -0.136. The molecule has 1 unspecified atom stereocenters. The highest BCUT2D eigenvalue weighted by atomic mass is 32.2. The van der Waals surface area contributed by atoms with Crippen LogP contribution in [0.25, 0.3) is 10.9 Å². The van der Waals surface area contributed by atoms with Gasteiger partial charge in [-0.2, -0.15) is 0 Å². The van der Waals surface area contributed by atoms with Gasteiger partial charge in [0.15, 0.2) is 0 Å². The minimum absolute atomic E-state index is 0.344. The smallest absolute Gasteiger partial charge is 0.316 e. The number of pyridine rings is 1. The SMILES string of the molecule is CCC(SCc1cccc2cccnc12)C(=O)O. The highest BCUT2D eigenvalue weighted by molar-refractivity contribution is 7.99. The Morgan fingerprint density at radius 1 is 1.39 bits per heavy atom. The molecule has 1 N–H and O–H groups in total. The molecule has 1 atom stereocenters. The lowest BCUT2D eigenvalue weighted by atomic mass is 10.1. The Morgan fingerprint density at radius 3 is 2.89 bits per heavy atom. The van der Waals surface area contributed by atoms with E-state index < -0.39 is 5.97 Å². The van der Waals surface area contributed by atoms with Crippen molar-refractivity contribution >= 4 is 28.6 Å². The van der Waals surface area contributed by atoms with Crippen molar-refractivity contribution in [3.8, 4) is 0 Å². The maximum absolute atomic E-state index is 11.0. The number of carbonyl (C=O) groups is 1. The molecule has 2 aromatic rings. The van der Waals surface area contributed by atoms with Crippen LogP contribution in [-0.2, 0) is 10.5 Å². The summed E-state index contributed by atoms with van der Waals surface area (Å²) in [4.78, 5) is 15.3. The van der Waals surface area contributed by atoms with Crippen molar-refractivity contribution in [3.63, 3.8) is 0 Å². The number of hydrogen-bond acceptors (Lipinski definition) is 3. The van der Waals surface area contributed by atoms with Crippen LogP contribution < -0.4 is 0 Å². The molecule has 0 bridgehead atoms. The van der Waals surface area contributed by atoms with Crippen molar-refractivity contribution in [2.45, 2.75) is 24.3 Å². The van der Waals surface area contributed by atoms with Crippen LogP contribution in [0, 0.1) is 0 Å². The number of nitrogens with zero attached hydrogens (tertiary/aromatic N) is 1. The second kappa shape index (κ2) is 5.87. The van der Waals surface area contributed by atoms with Crippen LogP contribution in [-0.4, -0.2) is 21.3 Å². The van der Waals surface area contributed by atoms with Crippen LogP contribution in [0.5, 0.6) is 0 Å². The Balaban J connectivity index is 2.19. The molecule has 3 nitrogen and oxygen atoms in total. The van der Waals surface area contributed by atoms with E-state index in [-0.39, 0.29) is 5.25 Å². The molecule has 0 saturated heterocycles. The van der Waals surface area contributed by atoms with Gasteiger partial charge in [0, 0.05) is 17.3 Å². The maximum Gasteiger partial charge on any atom is 0.316 e. The first-order valence-electron chi connectivity index (χ1n) is 5.89. The van der Waals surface area contributed by atoms with E-state index in [9.17, 15) is 4.79 Å². The summed E-state index contributed by atoms with van der Waals surface area (Å²) in [5, 5.41) is 9.78. The second-order valence-corrected chi connectivity index (χ2v) is 5.23. The number of hydrogen-bond donors (Lipinski definition) is 1. The first kappa shape index (κ1) is 12.9. The second-order valence-electron chi connectivity index (χ2n) is 4.04. The van der Waals surface area contributed by atoms with Crippen molar-refractivity contribution in [3.05, 3.63) is 42.1 Å². The Bertz CT molecular complexity index is 551. The topological polar surface area (TPSA) is 50.2 Å². The summed E-state index contributed by atoms with van der Waals surface area (Å²) in [6.07, 6.45) is 2.41. The van der Waals surface area contributed by atoms with Crippen LogP contribution in [0.15, 0.2) is 36.5 Å². The van der Waals surface area contributed by atoms with Crippen molar-refractivity contribution in [2.75, 3.05) is 0 Å². The predicted molar refractivity (Wildman–Crippen MR) is 74.8 cm³/mol. The first-order chi connectivity index (χ1) is 8.72. The summed E-state index contributed by atoms with van der Waals surface area (Å²) in [6, 6.07) is 9.94. The van der Waals surface area contributed by atoms with Gasteiger partial charge in [-0.25, -0.2) is 0 Å². The molecule has 0 spiro atoms. The van der Waals surface area contributed by atoms with E-state index in [1.54, 1.807) is 6.20 Å². The molecule has 94 valence electrons. The number of carboxylic acid groups (broad SMARTS) is 1. The summed E-state index contributed by atoms with van der Waals surface area (Å²) >= 11 is 1.46. The number of aliphatic carboxylic acids is 1. The third-order valence-corrected chi connectivity index (χ3v) is 4.22. The summed E-state index contributed by atoms with van der Waals surface area (Å²) < 4.78 is 0. The van der Waals surface area contributed by atoms with Crippen LogP contribution in [0.2, 0.25) is 0 Å². The average Bonchev–Trinajstić information content (AvgIpc) is 2.39. The number of rotatable bonds is 5. The molecule has 4 heteroatoms. The van der Waals surface area contributed by atoms with Gasteiger partial charge < -0.3 is 5.11 Å². The first-order valence-corrected chi connectivity index (χ1v) is 6.94. The molecule has 2 rings (SSSR count). The van der Waals surface area contributed by atoms with Crippen molar-refractivity contribution in [2.24, 2.45) is 0 Å². The van der Waals surface area contributed by atoms with Crippen molar-refractivity contribution < 1.29 is 9.90 Å². The van der Waals surface area contributed by atoms with Gasteiger partial charge in [-0.05, 0) is 18.1 Å². The Morgan fingerprint density at radius 2 is 2.17 bits per heavy atom. The molecule has 0 aliphatic carbocycles.